The van der Waals surface area contributed by atoms with Crippen LogP contribution in [0.3, 0.4) is 0 Å². The van der Waals surface area contributed by atoms with Gasteiger partial charge in [-0.1, -0.05) is 49.4 Å². The van der Waals surface area contributed by atoms with Crippen LogP contribution >= 0.6 is 0 Å². The van der Waals surface area contributed by atoms with Gasteiger partial charge in [-0.15, -0.1) is 0 Å². The van der Waals surface area contributed by atoms with Crippen LogP contribution in [-0.2, 0) is 16.0 Å². The summed E-state index contributed by atoms with van der Waals surface area (Å²) in [7, 11) is 0. The van der Waals surface area contributed by atoms with E-state index in [-0.39, 0.29) is 17.7 Å². The predicted octanol–water partition coefficient (Wildman–Crippen LogP) is 2.03. The number of hydrogen-bond acceptors (Lipinski definition) is 4. The minimum absolute atomic E-state index is 0.108. The number of nitrogens with two attached hydrogens (primary N) is 1. The maximum Gasteiger partial charge on any atom is 0.242 e. The molecule has 2 amide bonds. The van der Waals surface area contributed by atoms with Crippen molar-refractivity contribution in [3.05, 3.63) is 65.7 Å². The van der Waals surface area contributed by atoms with E-state index in [1.165, 1.54) is 0 Å². The van der Waals surface area contributed by atoms with Crippen molar-refractivity contribution >= 4 is 11.8 Å². The van der Waals surface area contributed by atoms with Crippen LogP contribution in [0.15, 0.2) is 54.6 Å². The van der Waals surface area contributed by atoms with Gasteiger partial charge in [0.2, 0.25) is 11.8 Å². The SMILES string of the molecule is CCC(NC(=O)[C@@H](C)NC(=O)C(N)Cc1ccc(O)cc1)c1ccccc1. The molecule has 2 unspecified atom stereocenters. The summed E-state index contributed by atoms with van der Waals surface area (Å²) in [6.07, 6.45) is 1.07. The van der Waals surface area contributed by atoms with E-state index in [0.717, 1.165) is 17.5 Å². The highest BCUT2D eigenvalue weighted by molar-refractivity contribution is 5.89. The molecule has 0 saturated heterocycles. The lowest BCUT2D eigenvalue weighted by Gasteiger charge is -2.22. The standard InChI is InChI=1S/C21H27N3O3/c1-3-19(16-7-5-4-6-8-16)24-20(26)14(2)23-21(27)18(22)13-15-9-11-17(25)12-10-15/h4-12,14,18-19,25H,3,13,22H2,1-2H3,(H,23,27)(H,24,26)/t14-,18?,19?/m1/s1. The fraction of sp³-hybridized carbons (Fsp3) is 0.333. The molecule has 2 rings (SSSR count). The molecule has 6 nitrogen and oxygen atoms in total. The van der Waals surface area contributed by atoms with Crippen molar-refractivity contribution < 1.29 is 14.7 Å². The minimum Gasteiger partial charge on any atom is -0.508 e. The molecule has 2 aromatic carbocycles. The average molecular weight is 369 g/mol. The quantitative estimate of drug-likeness (QED) is 0.571. The maximum absolute atomic E-state index is 12.4. The molecular formula is C21H27N3O3. The number of phenolic OH excluding ortho intramolecular Hbond substituents is 1. The minimum atomic E-state index is -0.777. The number of carbonyl (C=O) groups excluding carboxylic acids is 2. The summed E-state index contributed by atoms with van der Waals surface area (Å²) in [5, 5.41) is 14.9. The topological polar surface area (TPSA) is 104 Å². The molecule has 0 aromatic heterocycles. The third-order valence-corrected chi connectivity index (χ3v) is 4.41. The van der Waals surface area contributed by atoms with Crippen LogP contribution in [0.4, 0.5) is 0 Å². The second-order valence-electron chi connectivity index (χ2n) is 6.59. The summed E-state index contributed by atoms with van der Waals surface area (Å²) in [5.74, 6) is -0.486. The molecule has 0 aliphatic heterocycles. The second-order valence-corrected chi connectivity index (χ2v) is 6.59. The zero-order valence-electron chi connectivity index (χ0n) is 15.7. The average Bonchev–Trinajstić information content (AvgIpc) is 2.68. The van der Waals surface area contributed by atoms with Crippen molar-refractivity contribution in [1.29, 1.82) is 0 Å². The predicted molar refractivity (Wildman–Crippen MR) is 105 cm³/mol. The fourth-order valence-electron chi connectivity index (χ4n) is 2.77. The Balaban J connectivity index is 1.88. The molecule has 0 heterocycles. The van der Waals surface area contributed by atoms with Crippen LogP contribution in [-0.4, -0.2) is 29.0 Å². The van der Waals surface area contributed by atoms with Gasteiger partial charge < -0.3 is 21.5 Å². The van der Waals surface area contributed by atoms with Gasteiger partial charge in [0.15, 0.2) is 0 Å². The Morgan fingerprint density at radius 1 is 1.00 bits per heavy atom. The van der Waals surface area contributed by atoms with E-state index in [1.54, 1.807) is 31.2 Å². The van der Waals surface area contributed by atoms with Crippen LogP contribution in [0, 0.1) is 0 Å². The van der Waals surface area contributed by atoms with Gasteiger partial charge in [-0.2, -0.15) is 0 Å². The molecule has 6 heteroatoms. The number of amides is 2. The molecule has 0 bridgehead atoms. The van der Waals surface area contributed by atoms with Gasteiger partial charge >= 0.3 is 0 Å². The second kappa shape index (κ2) is 9.73. The third-order valence-electron chi connectivity index (χ3n) is 4.41. The summed E-state index contributed by atoms with van der Waals surface area (Å²) < 4.78 is 0. The lowest BCUT2D eigenvalue weighted by Crippen LogP contribution is -2.51. The number of aromatic hydroxyl groups is 1. The summed E-state index contributed by atoms with van der Waals surface area (Å²) in [5.41, 5.74) is 7.81. The Morgan fingerprint density at radius 3 is 2.22 bits per heavy atom. The summed E-state index contributed by atoms with van der Waals surface area (Å²) in [6.45, 7) is 3.63. The summed E-state index contributed by atoms with van der Waals surface area (Å²) >= 11 is 0. The molecule has 144 valence electrons. The van der Waals surface area contributed by atoms with Crippen LogP contribution in [0.2, 0.25) is 0 Å². The van der Waals surface area contributed by atoms with Crippen LogP contribution in [0.1, 0.15) is 37.4 Å². The summed E-state index contributed by atoms with van der Waals surface area (Å²) in [4.78, 5) is 24.7. The number of rotatable bonds is 8. The van der Waals surface area contributed by atoms with E-state index in [9.17, 15) is 14.7 Å². The third kappa shape index (κ3) is 6.11. The van der Waals surface area contributed by atoms with Gasteiger partial charge in [0, 0.05) is 0 Å². The van der Waals surface area contributed by atoms with Gasteiger partial charge in [-0.25, -0.2) is 0 Å². The number of nitrogens with one attached hydrogen (secondary N) is 2. The van der Waals surface area contributed by atoms with Crippen LogP contribution in [0.5, 0.6) is 5.75 Å². The fourth-order valence-corrected chi connectivity index (χ4v) is 2.77. The molecule has 5 N–H and O–H groups in total. The largest absolute Gasteiger partial charge is 0.508 e. The van der Waals surface area contributed by atoms with E-state index >= 15 is 0 Å². The molecule has 0 radical (unpaired) electrons. The molecule has 2 aromatic rings. The Kier molecular flexibility index (Phi) is 7.37. The number of hydrogen-bond donors (Lipinski definition) is 4. The van der Waals surface area contributed by atoms with Gasteiger partial charge in [0.05, 0.1) is 12.1 Å². The Hall–Kier alpha value is -2.86. The first-order chi connectivity index (χ1) is 12.9. The zero-order chi connectivity index (χ0) is 19.8. The number of carbonyl (C=O) groups is 2. The molecule has 0 aliphatic carbocycles. The van der Waals surface area contributed by atoms with E-state index < -0.39 is 18.0 Å². The molecule has 0 spiro atoms. The van der Waals surface area contributed by atoms with Crippen molar-refractivity contribution in [2.45, 2.75) is 44.8 Å². The van der Waals surface area contributed by atoms with Gasteiger partial charge in [0.25, 0.3) is 0 Å². The van der Waals surface area contributed by atoms with Crippen molar-refractivity contribution in [2.24, 2.45) is 5.73 Å². The Bertz CT molecular complexity index is 747. The van der Waals surface area contributed by atoms with E-state index in [1.807, 2.05) is 37.3 Å². The van der Waals surface area contributed by atoms with Gasteiger partial charge in [0.1, 0.15) is 11.8 Å². The number of phenols is 1. The zero-order valence-corrected chi connectivity index (χ0v) is 15.7. The highest BCUT2D eigenvalue weighted by Gasteiger charge is 2.22. The lowest BCUT2D eigenvalue weighted by molar-refractivity contribution is -0.129. The first kappa shape index (κ1) is 20.5. The maximum atomic E-state index is 12.4. The molecule has 0 saturated carbocycles. The highest BCUT2D eigenvalue weighted by atomic mass is 16.3. The highest BCUT2D eigenvalue weighted by Crippen LogP contribution is 2.16. The van der Waals surface area contributed by atoms with Crippen molar-refractivity contribution in [3.63, 3.8) is 0 Å². The van der Waals surface area contributed by atoms with Crippen molar-refractivity contribution in [1.82, 2.24) is 10.6 Å². The smallest absolute Gasteiger partial charge is 0.242 e. The van der Waals surface area contributed by atoms with Crippen molar-refractivity contribution in [2.75, 3.05) is 0 Å². The van der Waals surface area contributed by atoms with Crippen molar-refractivity contribution in [3.8, 4) is 5.75 Å². The molecule has 27 heavy (non-hydrogen) atoms. The molecule has 3 atom stereocenters. The lowest BCUT2D eigenvalue weighted by atomic mass is 10.0. The van der Waals surface area contributed by atoms with E-state index in [0.29, 0.717) is 6.42 Å². The normalized spacial score (nSPS) is 14.0. The summed E-state index contributed by atoms with van der Waals surface area (Å²) in [6, 6.07) is 14.7. The first-order valence-corrected chi connectivity index (χ1v) is 9.10. The first-order valence-electron chi connectivity index (χ1n) is 9.10. The van der Waals surface area contributed by atoms with Gasteiger partial charge in [-0.3, -0.25) is 9.59 Å². The van der Waals surface area contributed by atoms with Crippen LogP contribution in [0.25, 0.3) is 0 Å². The monoisotopic (exact) mass is 369 g/mol. The van der Waals surface area contributed by atoms with Gasteiger partial charge in [-0.05, 0) is 43.0 Å². The molecule has 0 fully saturated rings. The molecule has 0 aliphatic rings. The molecular weight excluding hydrogens is 342 g/mol. The van der Waals surface area contributed by atoms with Crippen LogP contribution < -0.4 is 16.4 Å². The number of benzene rings is 2. The van der Waals surface area contributed by atoms with E-state index in [2.05, 4.69) is 10.6 Å². The Morgan fingerprint density at radius 2 is 1.63 bits per heavy atom. The Labute approximate surface area is 159 Å². The van der Waals surface area contributed by atoms with E-state index in [4.69, 9.17) is 5.73 Å².